The number of halogens is 1. The van der Waals surface area contributed by atoms with Crippen LogP contribution in [0.5, 0.6) is 0 Å². The number of nitrogens with zero attached hydrogens (tertiary/aromatic N) is 2. The van der Waals surface area contributed by atoms with Crippen LogP contribution in [0.2, 0.25) is 0 Å². The molecule has 0 aliphatic heterocycles. The summed E-state index contributed by atoms with van der Waals surface area (Å²) in [7, 11) is 0. The standard InChI is InChI=1S/C37H36FN5/c1-7-29(23-31(8-2)42-24(3)22-28-12-10-9-11-13-28)33-14-15-34(39)35(36(33)38)25(4)27(6)43-37-26(5)32(18-21-41-37)30-16-19-40-20-17-30/h7-21,23,42H,2-4,6,22,39H2,1,5H3,(H,41,43)/b29-7+,31-23+. The van der Waals surface area contributed by atoms with Crippen molar-refractivity contribution in [3.8, 4) is 11.1 Å². The third-order valence-corrected chi connectivity index (χ3v) is 7.04. The van der Waals surface area contributed by atoms with E-state index in [0.717, 1.165) is 28.0 Å². The molecule has 4 rings (SSSR count). The Balaban J connectivity index is 1.58. The summed E-state index contributed by atoms with van der Waals surface area (Å²) < 4.78 is 16.2. The number of anilines is 2. The van der Waals surface area contributed by atoms with Gasteiger partial charge in [-0.15, -0.1) is 0 Å². The monoisotopic (exact) mass is 569 g/mol. The molecule has 0 radical (unpaired) electrons. The number of aromatic nitrogens is 2. The van der Waals surface area contributed by atoms with Crippen molar-refractivity contribution in [1.29, 1.82) is 0 Å². The second-order valence-corrected chi connectivity index (χ2v) is 9.98. The maximum atomic E-state index is 16.2. The normalized spacial score (nSPS) is 11.5. The predicted octanol–water partition coefficient (Wildman–Crippen LogP) is 8.63. The number of nitrogen functional groups attached to an aromatic ring is 1. The van der Waals surface area contributed by atoms with Gasteiger partial charge in [-0.2, -0.15) is 0 Å². The summed E-state index contributed by atoms with van der Waals surface area (Å²) in [5, 5.41) is 6.51. The van der Waals surface area contributed by atoms with E-state index in [2.05, 4.69) is 46.9 Å². The van der Waals surface area contributed by atoms with Crippen molar-refractivity contribution in [1.82, 2.24) is 15.3 Å². The summed E-state index contributed by atoms with van der Waals surface area (Å²) in [5.74, 6) is 0.0872. The van der Waals surface area contributed by atoms with E-state index in [1.807, 2.05) is 74.5 Å². The molecule has 4 N–H and O–H groups in total. The molecule has 216 valence electrons. The minimum absolute atomic E-state index is 0.173. The van der Waals surface area contributed by atoms with Crippen LogP contribution in [0.3, 0.4) is 0 Å². The first-order valence-corrected chi connectivity index (χ1v) is 13.8. The zero-order chi connectivity index (χ0) is 30.9. The number of nitrogens with two attached hydrogens (primary N) is 1. The van der Waals surface area contributed by atoms with E-state index in [1.165, 1.54) is 0 Å². The Kier molecular flexibility index (Phi) is 9.86. The average Bonchev–Trinajstić information content (AvgIpc) is 3.01. The molecule has 43 heavy (non-hydrogen) atoms. The zero-order valence-corrected chi connectivity index (χ0v) is 24.6. The zero-order valence-electron chi connectivity index (χ0n) is 24.6. The Morgan fingerprint density at radius 1 is 0.977 bits per heavy atom. The summed E-state index contributed by atoms with van der Waals surface area (Å²) >= 11 is 0. The molecule has 2 aromatic heterocycles. The molecule has 0 unspecified atom stereocenters. The second kappa shape index (κ2) is 13.9. The molecule has 0 spiro atoms. The number of pyridine rings is 2. The molecule has 0 atom stereocenters. The maximum absolute atomic E-state index is 16.2. The first kappa shape index (κ1) is 30.5. The summed E-state index contributed by atoms with van der Waals surface area (Å²) in [4.78, 5) is 8.58. The molecule has 0 saturated heterocycles. The minimum atomic E-state index is -0.501. The highest BCUT2D eigenvalue weighted by Gasteiger charge is 2.19. The first-order valence-electron chi connectivity index (χ1n) is 13.8. The molecule has 2 aromatic carbocycles. The summed E-state index contributed by atoms with van der Waals surface area (Å²) in [6, 6.07) is 19.2. The molecule has 0 saturated carbocycles. The van der Waals surface area contributed by atoms with E-state index in [9.17, 15) is 0 Å². The van der Waals surface area contributed by atoms with Gasteiger partial charge in [0.1, 0.15) is 11.6 Å². The summed E-state index contributed by atoms with van der Waals surface area (Å²) in [6.45, 7) is 20.2. The second-order valence-electron chi connectivity index (χ2n) is 9.98. The number of allylic oxidation sites excluding steroid dienone is 6. The van der Waals surface area contributed by atoms with Gasteiger partial charge in [0.25, 0.3) is 0 Å². The lowest BCUT2D eigenvalue weighted by Gasteiger charge is -2.19. The maximum Gasteiger partial charge on any atom is 0.140 e. The number of nitrogens with one attached hydrogen (secondary N) is 2. The molecule has 0 amide bonds. The molecule has 5 nitrogen and oxygen atoms in total. The third-order valence-electron chi connectivity index (χ3n) is 7.04. The van der Waals surface area contributed by atoms with Crippen molar-refractivity contribution in [2.24, 2.45) is 0 Å². The minimum Gasteiger partial charge on any atom is -0.398 e. The molecule has 6 heteroatoms. The lowest BCUT2D eigenvalue weighted by atomic mass is 9.95. The number of benzene rings is 2. The van der Waals surface area contributed by atoms with Gasteiger partial charge in [0, 0.05) is 64.5 Å². The van der Waals surface area contributed by atoms with E-state index >= 15 is 4.39 Å². The Morgan fingerprint density at radius 2 is 1.70 bits per heavy atom. The fraction of sp³-hybridized carbons (Fsp3) is 0.0811. The van der Waals surface area contributed by atoms with Crippen LogP contribution in [0.1, 0.15) is 29.2 Å². The lowest BCUT2D eigenvalue weighted by Crippen LogP contribution is -2.13. The third kappa shape index (κ3) is 7.24. The molecule has 4 aromatic rings. The highest BCUT2D eigenvalue weighted by atomic mass is 19.1. The van der Waals surface area contributed by atoms with Crippen LogP contribution in [0, 0.1) is 12.7 Å². The largest absolute Gasteiger partial charge is 0.398 e. The van der Waals surface area contributed by atoms with Gasteiger partial charge < -0.3 is 16.4 Å². The van der Waals surface area contributed by atoms with E-state index in [4.69, 9.17) is 5.73 Å². The van der Waals surface area contributed by atoms with Crippen LogP contribution in [0.25, 0.3) is 22.3 Å². The van der Waals surface area contributed by atoms with Crippen molar-refractivity contribution in [2.45, 2.75) is 20.3 Å². The van der Waals surface area contributed by atoms with Crippen molar-refractivity contribution in [2.75, 3.05) is 11.1 Å². The molecular weight excluding hydrogens is 533 g/mol. The van der Waals surface area contributed by atoms with Gasteiger partial charge >= 0.3 is 0 Å². The lowest BCUT2D eigenvalue weighted by molar-refractivity contribution is 0.621. The molecule has 2 heterocycles. The van der Waals surface area contributed by atoms with Gasteiger partial charge in [-0.05, 0) is 84.2 Å². The van der Waals surface area contributed by atoms with Crippen LogP contribution in [0.4, 0.5) is 15.9 Å². The highest BCUT2D eigenvalue weighted by Crippen LogP contribution is 2.35. The Morgan fingerprint density at radius 3 is 2.37 bits per heavy atom. The van der Waals surface area contributed by atoms with Crippen molar-refractivity contribution in [3.05, 3.63) is 169 Å². The van der Waals surface area contributed by atoms with Crippen LogP contribution in [-0.4, -0.2) is 9.97 Å². The molecule has 0 fully saturated rings. The van der Waals surface area contributed by atoms with Crippen molar-refractivity contribution >= 4 is 22.7 Å². The van der Waals surface area contributed by atoms with Gasteiger partial charge in [0.15, 0.2) is 0 Å². The highest BCUT2D eigenvalue weighted by molar-refractivity contribution is 5.89. The van der Waals surface area contributed by atoms with Gasteiger partial charge in [-0.1, -0.05) is 62.7 Å². The van der Waals surface area contributed by atoms with Crippen LogP contribution in [-0.2, 0) is 6.42 Å². The van der Waals surface area contributed by atoms with E-state index in [0.29, 0.717) is 40.3 Å². The average molecular weight is 570 g/mol. The van der Waals surface area contributed by atoms with Crippen molar-refractivity contribution < 1.29 is 4.39 Å². The number of hydrogen-bond acceptors (Lipinski definition) is 5. The van der Waals surface area contributed by atoms with Crippen LogP contribution >= 0.6 is 0 Å². The number of rotatable bonds is 12. The van der Waals surface area contributed by atoms with Crippen LogP contribution < -0.4 is 16.4 Å². The van der Waals surface area contributed by atoms with Gasteiger partial charge in [0.05, 0.1) is 0 Å². The van der Waals surface area contributed by atoms with E-state index in [-0.39, 0.29) is 11.3 Å². The van der Waals surface area contributed by atoms with E-state index in [1.54, 1.807) is 36.8 Å². The molecule has 0 bridgehead atoms. The topological polar surface area (TPSA) is 75.9 Å². The molecule has 0 aliphatic carbocycles. The SMILES string of the molecule is C=C/C(=C\C(=C/C)c1ccc(N)c(C(=C)C(=C)Nc2nccc(-c3ccncc3)c2C)c1F)NC(=C)Cc1ccccc1. The molecular formula is C37H36FN5. The Hall–Kier alpha value is -5.49. The predicted molar refractivity (Wildman–Crippen MR) is 179 cm³/mol. The van der Waals surface area contributed by atoms with Gasteiger partial charge in [0.2, 0.25) is 0 Å². The number of hydrogen-bond donors (Lipinski definition) is 3. The Labute approximate surface area is 253 Å². The molecule has 0 aliphatic rings. The van der Waals surface area contributed by atoms with Gasteiger partial charge in [-0.3, -0.25) is 4.98 Å². The van der Waals surface area contributed by atoms with Crippen molar-refractivity contribution in [3.63, 3.8) is 0 Å². The Bertz CT molecular complexity index is 1730. The smallest absolute Gasteiger partial charge is 0.140 e. The van der Waals surface area contributed by atoms with Gasteiger partial charge in [-0.25, -0.2) is 9.37 Å². The summed E-state index contributed by atoms with van der Waals surface area (Å²) in [6.07, 6.45) is 11.2. The first-order chi connectivity index (χ1) is 20.7. The fourth-order valence-corrected chi connectivity index (χ4v) is 4.72. The quantitative estimate of drug-likeness (QED) is 0.118. The van der Waals surface area contributed by atoms with E-state index < -0.39 is 5.82 Å². The fourth-order valence-electron chi connectivity index (χ4n) is 4.72. The summed E-state index contributed by atoms with van der Waals surface area (Å²) in [5.41, 5.74) is 14.0. The van der Waals surface area contributed by atoms with Crippen LogP contribution in [0.15, 0.2) is 141 Å².